The van der Waals surface area contributed by atoms with Gasteiger partial charge in [0.15, 0.2) is 15.8 Å². The van der Waals surface area contributed by atoms with E-state index in [9.17, 15) is 8.42 Å². The van der Waals surface area contributed by atoms with Crippen molar-refractivity contribution in [1.29, 1.82) is 0 Å². The number of rotatable bonds is 7. The normalized spacial score (nSPS) is 13.5. The molecule has 2 aromatic carbocycles. The summed E-state index contributed by atoms with van der Waals surface area (Å²) in [6, 6.07) is 16.2. The van der Waals surface area contributed by atoms with Crippen molar-refractivity contribution in [3.63, 3.8) is 0 Å². The Bertz CT molecular complexity index is 895. The van der Waals surface area contributed by atoms with Gasteiger partial charge in [0.25, 0.3) is 0 Å². The van der Waals surface area contributed by atoms with E-state index in [0.717, 1.165) is 36.8 Å². The van der Waals surface area contributed by atoms with Gasteiger partial charge >= 0.3 is 0 Å². The highest BCUT2D eigenvalue weighted by molar-refractivity contribution is 7.92. The Labute approximate surface area is 173 Å². The fourth-order valence-corrected chi connectivity index (χ4v) is 3.35. The third-order valence-corrected chi connectivity index (χ3v) is 6.43. The first-order valence-corrected chi connectivity index (χ1v) is 10.8. The second-order valence-corrected chi connectivity index (χ2v) is 9.44. The van der Waals surface area contributed by atoms with Crippen molar-refractivity contribution in [3.05, 3.63) is 59.7 Å². The van der Waals surface area contributed by atoms with E-state index in [1.807, 2.05) is 36.4 Å². The summed E-state index contributed by atoms with van der Waals surface area (Å²) in [5.74, 6) is 0.781. The topological polar surface area (TPSA) is 82.6 Å². The van der Waals surface area contributed by atoms with Gasteiger partial charge in [0, 0.05) is 17.9 Å². The number of nitrogens with zero attached hydrogens (tertiary/aromatic N) is 1. The lowest BCUT2D eigenvalue weighted by molar-refractivity contribution is 0.589. The van der Waals surface area contributed by atoms with Crippen LogP contribution in [0.2, 0.25) is 0 Å². The van der Waals surface area contributed by atoms with Crippen molar-refractivity contribution in [3.8, 4) is 0 Å². The van der Waals surface area contributed by atoms with E-state index < -0.39 is 9.84 Å². The smallest absolute Gasteiger partial charge is 0.195 e. The third kappa shape index (κ3) is 6.14. The first-order valence-electron chi connectivity index (χ1n) is 9.11. The van der Waals surface area contributed by atoms with Gasteiger partial charge in [-0.25, -0.2) is 8.42 Å². The van der Waals surface area contributed by atoms with Crippen molar-refractivity contribution in [2.75, 3.05) is 29.6 Å². The van der Waals surface area contributed by atoms with Gasteiger partial charge in [-0.2, -0.15) is 0 Å². The number of halogens is 1. The van der Waals surface area contributed by atoms with Crippen molar-refractivity contribution in [2.45, 2.75) is 25.5 Å². The Hall–Kier alpha value is -2.25. The van der Waals surface area contributed by atoms with Gasteiger partial charge in [-0.15, -0.1) is 12.4 Å². The average Bonchev–Trinajstić information content (AvgIpc) is 3.16. The number of hydrogen-bond donors (Lipinski definition) is 3. The standard InChI is InChI=1S/C20H26N4O2S.ClH/c1-15(2)27(25,26)14-23-18-7-3-16(4-8-18)13-17-5-9-19(10-6-17)24-20-21-11-12-22-20;/h3-10,15,23H,11-14H2,1-2H3,(H2,21,22,24);1H. The summed E-state index contributed by atoms with van der Waals surface area (Å²) in [4.78, 5) is 4.32. The van der Waals surface area contributed by atoms with Gasteiger partial charge in [-0.3, -0.25) is 4.99 Å². The average molecular weight is 423 g/mol. The number of nitrogens with one attached hydrogen (secondary N) is 3. The first kappa shape index (κ1) is 22.0. The second kappa shape index (κ2) is 9.80. The lowest BCUT2D eigenvalue weighted by Crippen LogP contribution is -2.26. The fourth-order valence-electron chi connectivity index (χ4n) is 2.65. The number of hydrogen-bond acceptors (Lipinski definition) is 6. The van der Waals surface area contributed by atoms with E-state index in [4.69, 9.17) is 0 Å². The molecule has 0 bridgehead atoms. The minimum atomic E-state index is -3.10. The quantitative estimate of drug-likeness (QED) is 0.637. The monoisotopic (exact) mass is 422 g/mol. The molecule has 3 rings (SSSR count). The molecule has 0 aliphatic carbocycles. The van der Waals surface area contributed by atoms with Crippen molar-refractivity contribution >= 4 is 39.6 Å². The van der Waals surface area contributed by atoms with Gasteiger partial charge in [-0.1, -0.05) is 24.3 Å². The molecule has 152 valence electrons. The Morgan fingerprint density at radius 3 is 2.07 bits per heavy atom. The molecule has 1 aliphatic rings. The van der Waals surface area contributed by atoms with Gasteiger partial charge in [0.05, 0.1) is 11.8 Å². The number of guanidine groups is 1. The highest BCUT2D eigenvalue weighted by atomic mass is 35.5. The van der Waals surface area contributed by atoms with E-state index >= 15 is 0 Å². The zero-order chi connectivity index (χ0) is 19.3. The van der Waals surface area contributed by atoms with E-state index in [2.05, 4.69) is 33.1 Å². The van der Waals surface area contributed by atoms with Crippen LogP contribution in [0, 0.1) is 0 Å². The van der Waals surface area contributed by atoms with Crippen molar-refractivity contribution < 1.29 is 8.42 Å². The van der Waals surface area contributed by atoms with Crippen molar-refractivity contribution in [1.82, 2.24) is 5.32 Å². The highest BCUT2D eigenvalue weighted by Gasteiger charge is 2.15. The van der Waals surface area contributed by atoms with Crippen LogP contribution in [0.25, 0.3) is 0 Å². The van der Waals surface area contributed by atoms with Crippen LogP contribution in [0.4, 0.5) is 11.4 Å². The van der Waals surface area contributed by atoms with E-state index in [1.165, 1.54) is 11.1 Å². The maximum absolute atomic E-state index is 11.9. The van der Waals surface area contributed by atoms with Gasteiger partial charge < -0.3 is 16.0 Å². The molecule has 0 spiro atoms. The van der Waals surface area contributed by atoms with Gasteiger partial charge in [0.2, 0.25) is 0 Å². The Balaban J connectivity index is 0.00000280. The molecule has 8 heteroatoms. The molecule has 2 aromatic rings. The molecule has 0 radical (unpaired) electrons. The number of sulfone groups is 1. The largest absolute Gasteiger partial charge is 0.372 e. The van der Waals surface area contributed by atoms with Crippen LogP contribution >= 0.6 is 12.4 Å². The summed E-state index contributed by atoms with van der Waals surface area (Å²) in [5.41, 5.74) is 4.21. The van der Waals surface area contributed by atoms with Crippen LogP contribution in [-0.4, -0.2) is 38.6 Å². The van der Waals surface area contributed by atoms with Crippen LogP contribution in [0.15, 0.2) is 53.5 Å². The van der Waals surface area contributed by atoms with E-state index in [1.54, 1.807) is 13.8 Å². The summed E-state index contributed by atoms with van der Waals surface area (Å²) in [7, 11) is -3.10. The lowest BCUT2D eigenvalue weighted by Gasteiger charge is -2.11. The molecule has 0 aromatic heterocycles. The zero-order valence-corrected chi connectivity index (χ0v) is 17.7. The summed E-state index contributed by atoms with van der Waals surface area (Å²) in [5, 5.41) is 9.05. The summed E-state index contributed by atoms with van der Waals surface area (Å²) < 4.78 is 23.7. The molecule has 3 N–H and O–H groups in total. The van der Waals surface area contributed by atoms with E-state index in [-0.39, 0.29) is 23.5 Å². The molecule has 0 amide bonds. The molecule has 6 nitrogen and oxygen atoms in total. The first-order chi connectivity index (χ1) is 12.9. The Morgan fingerprint density at radius 1 is 1.00 bits per heavy atom. The SMILES string of the molecule is CC(C)S(=O)(=O)CNc1ccc(Cc2ccc(NC3=NCCN3)cc2)cc1.Cl. The number of aliphatic imine (C=N–C) groups is 1. The summed E-state index contributed by atoms with van der Waals surface area (Å²) >= 11 is 0. The maximum atomic E-state index is 11.9. The molecule has 0 saturated carbocycles. The van der Waals surface area contributed by atoms with Crippen LogP contribution in [0.5, 0.6) is 0 Å². The molecule has 0 saturated heterocycles. The number of anilines is 2. The maximum Gasteiger partial charge on any atom is 0.195 e. The highest BCUT2D eigenvalue weighted by Crippen LogP contribution is 2.16. The third-order valence-electron chi connectivity index (χ3n) is 4.45. The van der Waals surface area contributed by atoms with E-state index in [0.29, 0.717) is 0 Å². The van der Waals surface area contributed by atoms with Crippen LogP contribution in [0.1, 0.15) is 25.0 Å². The summed E-state index contributed by atoms with van der Waals surface area (Å²) in [6.45, 7) is 5.08. The van der Waals surface area contributed by atoms with Crippen LogP contribution in [0.3, 0.4) is 0 Å². The fraction of sp³-hybridized carbons (Fsp3) is 0.350. The van der Waals surface area contributed by atoms with Crippen molar-refractivity contribution in [2.24, 2.45) is 4.99 Å². The molecule has 0 unspecified atom stereocenters. The molecule has 0 fully saturated rings. The zero-order valence-electron chi connectivity index (χ0n) is 16.1. The molecular formula is C20H27ClN4O2S. The predicted octanol–water partition coefficient (Wildman–Crippen LogP) is 3.26. The van der Waals surface area contributed by atoms with Crippen LogP contribution < -0.4 is 16.0 Å². The van der Waals surface area contributed by atoms with Crippen LogP contribution in [-0.2, 0) is 16.3 Å². The molecule has 28 heavy (non-hydrogen) atoms. The molecule has 1 aliphatic heterocycles. The Morgan fingerprint density at radius 2 is 1.57 bits per heavy atom. The van der Waals surface area contributed by atoms with Gasteiger partial charge in [-0.05, 0) is 55.7 Å². The Kier molecular flexibility index (Phi) is 7.71. The minimum absolute atomic E-state index is 0. The lowest BCUT2D eigenvalue weighted by atomic mass is 10.0. The number of benzene rings is 2. The van der Waals surface area contributed by atoms with Gasteiger partial charge in [0.1, 0.15) is 5.88 Å². The second-order valence-electron chi connectivity index (χ2n) is 6.89. The minimum Gasteiger partial charge on any atom is -0.372 e. The molecular weight excluding hydrogens is 396 g/mol. The predicted molar refractivity (Wildman–Crippen MR) is 119 cm³/mol. The molecule has 1 heterocycles. The summed E-state index contributed by atoms with van der Waals surface area (Å²) in [6.07, 6.45) is 0.823. The molecule has 0 atom stereocenters.